The summed E-state index contributed by atoms with van der Waals surface area (Å²) in [7, 11) is 0. The van der Waals surface area contributed by atoms with E-state index in [-0.39, 0.29) is 4.75 Å². The number of hydrogen-bond acceptors (Lipinski definition) is 2. The van der Waals surface area contributed by atoms with Crippen molar-refractivity contribution >= 4 is 44.6 Å². The lowest BCUT2D eigenvalue weighted by molar-refractivity contribution is 0.561. The third-order valence-corrected chi connectivity index (χ3v) is 4.37. The molecular formula is C12H15BrClNOS. The highest BCUT2D eigenvalue weighted by Gasteiger charge is 2.27. The van der Waals surface area contributed by atoms with Crippen LogP contribution >= 0.6 is 27.5 Å². The van der Waals surface area contributed by atoms with E-state index in [9.17, 15) is 4.55 Å². The molecule has 0 aliphatic rings. The van der Waals surface area contributed by atoms with E-state index < -0.39 is 11.4 Å². The first kappa shape index (κ1) is 15.0. The van der Waals surface area contributed by atoms with Gasteiger partial charge in [-0.2, -0.15) is 0 Å². The number of nitrogens with zero attached hydrogens (tertiary/aromatic N) is 1. The van der Waals surface area contributed by atoms with Crippen molar-refractivity contribution in [1.82, 2.24) is 0 Å². The van der Waals surface area contributed by atoms with Crippen molar-refractivity contribution < 1.29 is 4.55 Å². The average molecular weight is 337 g/mol. The molecule has 17 heavy (non-hydrogen) atoms. The van der Waals surface area contributed by atoms with E-state index in [1.165, 1.54) is 0 Å². The third kappa shape index (κ3) is 4.28. The molecule has 0 amide bonds. The summed E-state index contributed by atoms with van der Waals surface area (Å²) >= 11 is 8.20. The Morgan fingerprint density at radius 1 is 1.41 bits per heavy atom. The van der Waals surface area contributed by atoms with Gasteiger partial charge < -0.3 is 4.55 Å². The van der Waals surface area contributed by atoms with Crippen molar-refractivity contribution in [2.45, 2.75) is 32.4 Å². The largest absolute Gasteiger partial charge is 0.591 e. The van der Waals surface area contributed by atoms with Crippen molar-refractivity contribution in [2.24, 2.45) is 4.40 Å². The Bertz CT molecular complexity index is 443. The molecule has 0 heterocycles. The monoisotopic (exact) mass is 335 g/mol. The minimum atomic E-state index is -1.27. The predicted octanol–water partition coefficient (Wildman–Crippen LogP) is 4.37. The van der Waals surface area contributed by atoms with E-state index in [1.54, 1.807) is 6.07 Å². The summed E-state index contributed by atoms with van der Waals surface area (Å²) < 4.78 is 16.7. The molecule has 0 bridgehead atoms. The van der Waals surface area contributed by atoms with Gasteiger partial charge in [0.1, 0.15) is 16.1 Å². The summed E-state index contributed by atoms with van der Waals surface area (Å²) in [5, 5.41) is 0.611. The van der Waals surface area contributed by atoms with Gasteiger partial charge in [-0.1, -0.05) is 31.9 Å². The number of halogens is 2. The molecule has 1 aromatic carbocycles. The summed E-state index contributed by atoms with van der Waals surface area (Å²) in [6, 6.07) is 5.53. The van der Waals surface area contributed by atoms with Crippen molar-refractivity contribution in [2.75, 3.05) is 0 Å². The summed E-state index contributed by atoms with van der Waals surface area (Å²) in [6.45, 7) is 7.49. The SMILES string of the molecule is C/C(=N/[S+]([O-])C(C)(C)C)c1cc(Br)ccc1Cl. The highest BCUT2D eigenvalue weighted by Crippen LogP contribution is 2.24. The topological polar surface area (TPSA) is 35.4 Å². The summed E-state index contributed by atoms with van der Waals surface area (Å²) in [5.41, 5.74) is 1.49. The van der Waals surface area contributed by atoms with Gasteiger partial charge in [-0.05, 0) is 45.9 Å². The van der Waals surface area contributed by atoms with Crippen LogP contribution in [0, 0.1) is 0 Å². The zero-order chi connectivity index (χ0) is 13.2. The number of rotatable bonds is 2. The predicted molar refractivity (Wildman–Crippen MR) is 79.3 cm³/mol. The van der Waals surface area contributed by atoms with Gasteiger partial charge in [0.25, 0.3) is 0 Å². The lowest BCUT2D eigenvalue weighted by atomic mass is 10.1. The molecule has 0 saturated heterocycles. The molecular weight excluding hydrogens is 322 g/mol. The molecule has 0 fully saturated rings. The van der Waals surface area contributed by atoms with E-state index in [4.69, 9.17) is 11.6 Å². The third-order valence-electron chi connectivity index (χ3n) is 2.06. The summed E-state index contributed by atoms with van der Waals surface area (Å²) in [6.07, 6.45) is 0. The van der Waals surface area contributed by atoms with Gasteiger partial charge in [0, 0.05) is 15.1 Å². The van der Waals surface area contributed by atoms with Crippen LogP contribution in [0.2, 0.25) is 5.02 Å². The van der Waals surface area contributed by atoms with Gasteiger partial charge >= 0.3 is 0 Å². The van der Waals surface area contributed by atoms with Crippen molar-refractivity contribution in [3.8, 4) is 0 Å². The maximum Gasteiger partial charge on any atom is 0.144 e. The Labute approximate surface area is 119 Å². The molecule has 94 valence electrons. The fraction of sp³-hybridized carbons (Fsp3) is 0.417. The molecule has 0 aliphatic carbocycles. The van der Waals surface area contributed by atoms with Crippen LogP contribution in [0.1, 0.15) is 33.3 Å². The molecule has 0 saturated carbocycles. The Kier molecular flexibility index (Phi) is 5.07. The first-order valence-corrected chi connectivity index (χ1v) is 7.42. The second kappa shape index (κ2) is 5.74. The van der Waals surface area contributed by atoms with Crippen molar-refractivity contribution in [3.05, 3.63) is 33.3 Å². The van der Waals surface area contributed by atoms with Crippen LogP contribution in [0.25, 0.3) is 0 Å². The van der Waals surface area contributed by atoms with Crippen LogP contribution in [0.4, 0.5) is 0 Å². The highest BCUT2D eigenvalue weighted by atomic mass is 79.9. The lowest BCUT2D eigenvalue weighted by Gasteiger charge is -2.19. The van der Waals surface area contributed by atoms with Crippen LogP contribution in [0.5, 0.6) is 0 Å². The van der Waals surface area contributed by atoms with E-state index in [2.05, 4.69) is 20.3 Å². The fourth-order valence-electron chi connectivity index (χ4n) is 1.09. The van der Waals surface area contributed by atoms with Crippen molar-refractivity contribution in [1.29, 1.82) is 0 Å². The molecule has 1 rings (SSSR count). The first-order valence-electron chi connectivity index (χ1n) is 5.14. The quantitative estimate of drug-likeness (QED) is 0.583. The smallest absolute Gasteiger partial charge is 0.144 e. The van der Waals surface area contributed by atoms with Gasteiger partial charge in [-0.3, -0.25) is 0 Å². The molecule has 0 spiro atoms. The molecule has 0 N–H and O–H groups in total. The van der Waals surface area contributed by atoms with Crippen LogP contribution in [0.15, 0.2) is 27.1 Å². The molecule has 0 radical (unpaired) electrons. The molecule has 1 unspecified atom stereocenters. The second-order valence-corrected chi connectivity index (χ2v) is 7.89. The van der Waals surface area contributed by atoms with Crippen LogP contribution in [0.3, 0.4) is 0 Å². The normalized spacial score (nSPS) is 14.9. The zero-order valence-corrected chi connectivity index (χ0v) is 13.4. The van der Waals surface area contributed by atoms with Crippen LogP contribution in [-0.4, -0.2) is 15.0 Å². The number of hydrogen-bond donors (Lipinski definition) is 0. The first-order chi connectivity index (χ1) is 7.71. The fourth-order valence-corrected chi connectivity index (χ4v) is 2.32. The maximum atomic E-state index is 11.9. The van der Waals surface area contributed by atoms with Gasteiger partial charge in [0.15, 0.2) is 0 Å². The zero-order valence-electron chi connectivity index (χ0n) is 10.3. The molecule has 2 nitrogen and oxygen atoms in total. The lowest BCUT2D eigenvalue weighted by Crippen LogP contribution is -2.26. The minimum absolute atomic E-state index is 0.361. The number of benzene rings is 1. The minimum Gasteiger partial charge on any atom is -0.591 e. The summed E-state index contributed by atoms with van der Waals surface area (Å²) in [5.74, 6) is 0. The standard InChI is InChI=1S/C12H15BrClNOS/c1-8(15-17(16)12(2,3)4)10-7-9(13)5-6-11(10)14/h5-7H,1-4H3/b15-8-. The van der Waals surface area contributed by atoms with Gasteiger partial charge in [0.2, 0.25) is 0 Å². The summed E-state index contributed by atoms with van der Waals surface area (Å²) in [4.78, 5) is 0. The Morgan fingerprint density at radius 3 is 2.53 bits per heavy atom. The van der Waals surface area contributed by atoms with E-state index in [1.807, 2.05) is 39.8 Å². The van der Waals surface area contributed by atoms with Gasteiger partial charge in [-0.25, -0.2) is 0 Å². The second-order valence-electron chi connectivity index (χ2n) is 4.66. The Morgan fingerprint density at radius 2 is 2.00 bits per heavy atom. The van der Waals surface area contributed by atoms with Gasteiger partial charge in [0.05, 0.1) is 5.71 Å². The average Bonchev–Trinajstić information content (AvgIpc) is 2.20. The molecule has 0 aliphatic heterocycles. The Balaban J connectivity index is 3.08. The maximum absolute atomic E-state index is 11.9. The Hall–Kier alpha value is -0.0300. The van der Waals surface area contributed by atoms with Crippen molar-refractivity contribution in [3.63, 3.8) is 0 Å². The van der Waals surface area contributed by atoms with E-state index in [0.717, 1.165) is 10.0 Å². The highest BCUT2D eigenvalue weighted by molar-refractivity contribution is 9.10. The van der Waals surface area contributed by atoms with Crippen LogP contribution < -0.4 is 0 Å². The van der Waals surface area contributed by atoms with E-state index in [0.29, 0.717) is 10.7 Å². The van der Waals surface area contributed by atoms with Crippen LogP contribution in [-0.2, 0) is 11.4 Å². The van der Waals surface area contributed by atoms with E-state index >= 15 is 0 Å². The molecule has 1 aromatic rings. The van der Waals surface area contributed by atoms with Gasteiger partial charge in [-0.15, -0.1) is 0 Å². The molecule has 5 heteroatoms. The molecule has 0 aromatic heterocycles. The molecule has 1 atom stereocenters.